The molecule has 33 heavy (non-hydrogen) atoms. The van der Waals surface area contributed by atoms with E-state index in [2.05, 4.69) is 14.9 Å². The second-order valence-corrected chi connectivity index (χ2v) is 8.86. The van der Waals surface area contributed by atoms with Crippen molar-refractivity contribution < 1.29 is 14.7 Å². The number of hydrogen-bond donors (Lipinski definition) is 1. The monoisotopic (exact) mass is 465 g/mol. The Bertz CT molecular complexity index is 1180. The zero-order valence-electron chi connectivity index (χ0n) is 18.0. The van der Waals surface area contributed by atoms with Gasteiger partial charge in [0, 0.05) is 49.9 Å². The highest BCUT2D eigenvalue weighted by atomic mass is 35.5. The third kappa shape index (κ3) is 4.42. The highest BCUT2D eigenvalue weighted by molar-refractivity contribution is 6.30. The number of aliphatic hydroxyl groups excluding tert-OH is 1. The summed E-state index contributed by atoms with van der Waals surface area (Å²) in [6, 6.07) is 14.1. The topological polar surface area (TPSA) is 89.9 Å². The summed E-state index contributed by atoms with van der Waals surface area (Å²) in [5.74, 6) is -0.253. The predicted molar refractivity (Wildman–Crippen MR) is 124 cm³/mol. The van der Waals surface area contributed by atoms with Crippen LogP contribution in [0.3, 0.4) is 0 Å². The number of fused-ring (bicyclic) bond motifs is 1. The van der Waals surface area contributed by atoms with Gasteiger partial charge in [0.2, 0.25) is 0 Å². The molecule has 1 N–H and O–H groups in total. The van der Waals surface area contributed by atoms with Gasteiger partial charge in [0.1, 0.15) is 5.69 Å². The quantitative estimate of drug-likeness (QED) is 0.635. The number of likely N-dealkylation sites (tertiary alicyclic amines) is 1. The molecule has 2 amide bonds. The van der Waals surface area contributed by atoms with Gasteiger partial charge >= 0.3 is 0 Å². The van der Waals surface area contributed by atoms with Crippen molar-refractivity contribution in [3.05, 3.63) is 71.0 Å². The molecule has 0 bridgehead atoms. The highest BCUT2D eigenvalue weighted by Gasteiger charge is 2.39. The molecule has 0 unspecified atom stereocenters. The zero-order valence-corrected chi connectivity index (χ0v) is 18.7. The minimum Gasteiger partial charge on any atom is -0.390 e. The maximum atomic E-state index is 13.0. The summed E-state index contributed by atoms with van der Waals surface area (Å²) in [6.45, 7) is 3.04. The number of hydrogen-bond acceptors (Lipinski definition) is 6. The van der Waals surface area contributed by atoms with Gasteiger partial charge in [-0.1, -0.05) is 23.7 Å². The highest BCUT2D eigenvalue weighted by Crippen LogP contribution is 2.22. The molecule has 5 rings (SSSR count). The van der Waals surface area contributed by atoms with Crippen molar-refractivity contribution in [2.45, 2.75) is 12.1 Å². The van der Waals surface area contributed by atoms with Gasteiger partial charge in [0.25, 0.3) is 11.8 Å². The average molecular weight is 466 g/mol. The molecular weight excluding hydrogens is 442 g/mol. The normalized spacial score (nSPS) is 21.5. The van der Waals surface area contributed by atoms with Gasteiger partial charge in [0.15, 0.2) is 0 Å². The first-order chi connectivity index (χ1) is 16.0. The van der Waals surface area contributed by atoms with Crippen molar-refractivity contribution in [1.82, 2.24) is 24.7 Å². The van der Waals surface area contributed by atoms with Crippen LogP contribution in [-0.2, 0) is 0 Å². The fourth-order valence-electron chi connectivity index (χ4n) is 4.55. The maximum Gasteiger partial charge on any atom is 0.274 e. The standard InChI is InChI=1S/C24H24ClN5O3/c25-17-7-5-16(6-8-17)23(32)30-14-21(22(31)15-30)28-9-11-29(12-10-28)24(33)20-13-26-18-3-1-2-4-19(18)27-20/h1-8,13,21-22,31H,9-12,14-15H2/t21-,22-/m0/s1. The third-order valence-corrected chi connectivity index (χ3v) is 6.63. The number of halogens is 1. The number of amides is 2. The van der Waals surface area contributed by atoms with E-state index in [4.69, 9.17) is 11.6 Å². The first-order valence-corrected chi connectivity index (χ1v) is 11.4. The minimum atomic E-state index is -0.630. The van der Waals surface area contributed by atoms with Crippen molar-refractivity contribution in [3.63, 3.8) is 0 Å². The van der Waals surface area contributed by atoms with Crippen LogP contribution in [0.25, 0.3) is 11.0 Å². The Balaban J connectivity index is 1.20. The maximum absolute atomic E-state index is 13.0. The Morgan fingerprint density at radius 3 is 2.30 bits per heavy atom. The Labute approximate surface area is 196 Å². The van der Waals surface area contributed by atoms with Gasteiger partial charge in [-0.15, -0.1) is 0 Å². The summed E-state index contributed by atoms with van der Waals surface area (Å²) in [5, 5.41) is 11.2. The molecule has 2 fully saturated rings. The molecule has 2 aliphatic heterocycles. The molecule has 8 nitrogen and oxygen atoms in total. The summed E-state index contributed by atoms with van der Waals surface area (Å²) in [7, 11) is 0. The lowest BCUT2D eigenvalue weighted by Gasteiger charge is -2.38. The van der Waals surface area contributed by atoms with Crippen LogP contribution >= 0.6 is 11.6 Å². The molecule has 2 atom stereocenters. The lowest BCUT2D eigenvalue weighted by molar-refractivity contribution is 0.0373. The van der Waals surface area contributed by atoms with E-state index in [1.54, 1.807) is 34.1 Å². The molecule has 170 valence electrons. The van der Waals surface area contributed by atoms with Gasteiger partial charge in [-0.3, -0.25) is 19.5 Å². The molecule has 1 aromatic heterocycles. The molecule has 0 aliphatic carbocycles. The molecule has 3 aromatic rings. The van der Waals surface area contributed by atoms with Crippen LogP contribution in [0.15, 0.2) is 54.7 Å². The van der Waals surface area contributed by atoms with E-state index in [0.717, 1.165) is 5.52 Å². The zero-order chi connectivity index (χ0) is 22.9. The van der Waals surface area contributed by atoms with Crippen molar-refractivity contribution in [2.24, 2.45) is 0 Å². The number of para-hydroxylation sites is 2. The predicted octanol–water partition coefficient (Wildman–Crippen LogP) is 1.93. The van der Waals surface area contributed by atoms with E-state index in [-0.39, 0.29) is 24.4 Å². The molecule has 0 spiro atoms. The van der Waals surface area contributed by atoms with Gasteiger partial charge < -0.3 is 14.9 Å². The number of aromatic nitrogens is 2. The van der Waals surface area contributed by atoms with Crippen LogP contribution in [0.4, 0.5) is 0 Å². The van der Waals surface area contributed by atoms with Gasteiger partial charge in [-0.05, 0) is 36.4 Å². The van der Waals surface area contributed by atoms with Crippen molar-refractivity contribution in [3.8, 4) is 0 Å². The SMILES string of the molecule is O=C(c1ccc(Cl)cc1)N1C[C@H](O)[C@@H](N2CCN(C(=O)c3cnc4ccccc4n3)CC2)C1. The van der Waals surface area contributed by atoms with E-state index in [0.29, 0.717) is 54.5 Å². The van der Waals surface area contributed by atoms with Crippen LogP contribution in [0.2, 0.25) is 5.02 Å². The smallest absolute Gasteiger partial charge is 0.274 e. The van der Waals surface area contributed by atoms with Gasteiger partial charge in [-0.25, -0.2) is 4.98 Å². The van der Waals surface area contributed by atoms with Crippen LogP contribution in [0.5, 0.6) is 0 Å². The van der Waals surface area contributed by atoms with Crippen molar-refractivity contribution >= 4 is 34.4 Å². The summed E-state index contributed by atoms with van der Waals surface area (Å²) < 4.78 is 0. The number of aliphatic hydroxyl groups is 1. The molecule has 2 saturated heterocycles. The van der Waals surface area contributed by atoms with E-state index >= 15 is 0 Å². The number of β-amino-alcohol motifs (C(OH)–C–C–N with tert-alkyl or cyclic N) is 1. The first-order valence-electron chi connectivity index (χ1n) is 11.0. The third-order valence-electron chi connectivity index (χ3n) is 6.38. The average Bonchev–Trinajstić information content (AvgIpc) is 3.25. The van der Waals surface area contributed by atoms with Gasteiger partial charge in [-0.2, -0.15) is 0 Å². The molecule has 0 saturated carbocycles. The number of rotatable bonds is 3. The fourth-order valence-corrected chi connectivity index (χ4v) is 4.67. The van der Waals surface area contributed by atoms with Crippen LogP contribution in [-0.4, -0.2) is 93.0 Å². The molecule has 9 heteroatoms. The lowest BCUT2D eigenvalue weighted by atomic mass is 10.1. The van der Waals surface area contributed by atoms with Crippen LogP contribution < -0.4 is 0 Å². The molecular formula is C24H24ClN5O3. The Hall–Kier alpha value is -3.07. The summed E-state index contributed by atoms with van der Waals surface area (Å²) >= 11 is 5.92. The van der Waals surface area contributed by atoms with Crippen LogP contribution in [0, 0.1) is 0 Å². The van der Waals surface area contributed by atoms with E-state index < -0.39 is 6.10 Å². The Morgan fingerprint density at radius 2 is 1.58 bits per heavy atom. The second-order valence-electron chi connectivity index (χ2n) is 8.42. The van der Waals surface area contributed by atoms with Crippen molar-refractivity contribution in [2.75, 3.05) is 39.3 Å². The van der Waals surface area contributed by atoms with Crippen LogP contribution in [0.1, 0.15) is 20.8 Å². The summed E-state index contributed by atoms with van der Waals surface area (Å²) in [6.07, 6.45) is 0.896. The Kier molecular flexibility index (Phi) is 5.97. The number of nitrogens with zero attached hydrogens (tertiary/aromatic N) is 5. The number of piperazine rings is 1. The van der Waals surface area contributed by atoms with E-state index in [9.17, 15) is 14.7 Å². The minimum absolute atomic E-state index is 0.114. The summed E-state index contributed by atoms with van der Waals surface area (Å²) in [4.78, 5) is 40.2. The number of carbonyl (C=O) groups excluding carboxylic acids is 2. The molecule has 3 heterocycles. The Morgan fingerprint density at radius 1 is 0.879 bits per heavy atom. The van der Waals surface area contributed by atoms with E-state index in [1.807, 2.05) is 24.3 Å². The number of benzene rings is 2. The lowest BCUT2D eigenvalue weighted by Crippen LogP contribution is -2.55. The number of carbonyl (C=O) groups is 2. The molecule has 2 aliphatic rings. The summed E-state index contributed by atoms with van der Waals surface area (Å²) in [5.41, 5.74) is 2.34. The van der Waals surface area contributed by atoms with E-state index in [1.165, 1.54) is 6.20 Å². The first kappa shape index (κ1) is 21.8. The second kappa shape index (κ2) is 9.05. The molecule has 2 aromatic carbocycles. The van der Waals surface area contributed by atoms with Gasteiger partial charge in [0.05, 0.1) is 29.4 Å². The largest absolute Gasteiger partial charge is 0.390 e. The van der Waals surface area contributed by atoms with Crippen molar-refractivity contribution in [1.29, 1.82) is 0 Å². The molecule has 0 radical (unpaired) electrons. The fraction of sp³-hybridized carbons (Fsp3) is 0.333.